The molecular weight excluding hydrogens is 423 g/mol. The summed E-state index contributed by atoms with van der Waals surface area (Å²) in [5.74, 6) is -1.47. The predicted molar refractivity (Wildman–Crippen MR) is 115 cm³/mol. The standard InChI is InChI=1S/C23H16Cl2N2O3/c24-15-12-10-14(11-13-15)20-19-21(30-27(20)16-6-2-1-3-7-16)23(29)26(22(19)28)18-9-5-4-8-17(18)25/h1-13,19-21H. The highest BCUT2D eigenvalue weighted by atomic mass is 35.5. The fourth-order valence-electron chi connectivity index (χ4n) is 4.08. The molecule has 3 aromatic rings. The molecule has 0 aliphatic carbocycles. The molecule has 0 saturated carbocycles. The molecule has 0 aromatic heterocycles. The molecule has 3 unspecified atom stereocenters. The maximum Gasteiger partial charge on any atom is 0.266 e. The summed E-state index contributed by atoms with van der Waals surface area (Å²) in [6.07, 6.45) is -0.936. The molecule has 0 radical (unpaired) electrons. The first kappa shape index (κ1) is 19.1. The third kappa shape index (κ3) is 2.98. The van der Waals surface area contributed by atoms with E-state index in [0.29, 0.717) is 15.7 Å². The summed E-state index contributed by atoms with van der Waals surface area (Å²) in [6.45, 7) is 0. The molecule has 2 aliphatic heterocycles. The summed E-state index contributed by atoms with van der Waals surface area (Å²) < 4.78 is 0. The van der Waals surface area contributed by atoms with Gasteiger partial charge in [-0.15, -0.1) is 0 Å². The van der Waals surface area contributed by atoms with Crippen LogP contribution in [0.15, 0.2) is 78.9 Å². The Morgan fingerprint density at radius 2 is 1.43 bits per heavy atom. The number of benzene rings is 3. The van der Waals surface area contributed by atoms with Gasteiger partial charge in [0.2, 0.25) is 5.91 Å². The number of hydrogen-bond acceptors (Lipinski definition) is 4. The highest BCUT2D eigenvalue weighted by molar-refractivity contribution is 6.36. The number of rotatable bonds is 3. The highest BCUT2D eigenvalue weighted by Crippen LogP contribution is 2.48. The van der Waals surface area contributed by atoms with Crippen molar-refractivity contribution in [2.24, 2.45) is 5.92 Å². The normalized spacial score (nSPS) is 23.2. The van der Waals surface area contributed by atoms with Crippen molar-refractivity contribution in [2.75, 3.05) is 9.96 Å². The van der Waals surface area contributed by atoms with Gasteiger partial charge in [0.1, 0.15) is 5.92 Å². The molecule has 2 saturated heterocycles. The van der Waals surface area contributed by atoms with E-state index in [2.05, 4.69) is 0 Å². The van der Waals surface area contributed by atoms with Crippen LogP contribution >= 0.6 is 23.2 Å². The summed E-state index contributed by atoms with van der Waals surface area (Å²) in [4.78, 5) is 34.0. The quantitative estimate of drug-likeness (QED) is 0.537. The van der Waals surface area contributed by atoms with Gasteiger partial charge in [-0.2, -0.15) is 0 Å². The molecule has 3 aromatic carbocycles. The van der Waals surface area contributed by atoms with Crippen LogP contribution in [0.3, 0.4) is 0 Å². The molecule has 5 nitrogen and oxygen atoms in total. The average molecular weight is 439 g/mol. The van der Waals surface area contributed by atoms with Gasteiger partial charge in [-0.05, 0) is 42.0 Å². The molecule has 0 N–H and O–H groups in total. The zero-order chi connectivity index (χ0) is 20.8. The van der Waals surface area contributed by atoms with Crippen molar-refractivity contribution < 1.29 is 14.4 Å². The molecule has 3 atom stereocenters. The van der Waals surface area contributed by atoms with Crippen LogP contribution < -0.4 is 9.96 Å². The smallest absolute Gasteiger partial charge is 0.266 e. The van der Waals surface area contributed by atoms with Crippen LogP contribution in [0.25, 0.3) is 0 Å². The first-order valence-corrected chi connectivity index (χ1v) is 10.2. The SMILES string of the molecule is O=C1C2ON(c3ccccc3)C(c3ccc(Cl)cc3)C2C(=O)N1c1ccccc1Cl. The van der Waals surface area contributed by atoms with Crippen molar-refractivity contribution in [2.45, 2.75) is 12.1 Å². The number of carbonyl (C=O) groups is 2. The fourth-order valence-corrected chi connectivity index (χ4v) is 4.43. The fraction of sp³-hybridized carbons (Fsp3) is 0.130. The molecule has 0 spiro atoms. The molecule has 30 heavy (non-hydrogen) atoms. The van der Waals surface area contributed by atoms with Gasteiger partial charge in [0.25, 0.3) is 5.91 Å². The minimum absolute atomic E-state index is 0.335. The number of hydroxylamine groups is 1. The second-order valence-corrected chi connectivity index (χ2v) is 8.02. The third-order valence-electron chi connectivity index (χ3n) is 5.43. The van der Waals surface area contributed by atoms with Crippen LogP contribution in [0.2, 0.25) is 10.0 Å². The van der Waals surface area contributed by atoms with Gasteiger partial charge in [-0.25, -0.2) is 9.96 Å². The van der Waals surface area contributed by atoms with Crippen molar-refractivity contribution in [3.63, 3.8) is 0 Å². The maximum absolute atomic E-state index is 13.5. The lowest BCUT2D eigenvalue weighted by molar-refractivity contribution is -0.126. The van der Waals surface area contributed by atoms with Crippen molar-refractivity contribution >= 4 is 46.4 Å². The van der Waals surface area contributed by atoms with E-state index >= 15 is 0 Å². The molecule has 0 bridgehead atoms. The van der Waals surface area contributed by atoms with Crippen molar-refractivity contribution in [1.82, 2.24) is 0 Å². The third-order valence-corrected chi connectivity index (χ3v) is 6.00. The second kappa shape index (κ2) is 7.43. The van der Waals surface area contributed by atoms with Crippen LogP contribution in [0.5, 0.6) is 0 Å². The van der Waals surface area contributed by atoms with Gasteiger partial charge < -0.3 is 0 Å². The number of fused-ring (bicyclic) bond motifs is 1. The maximum atomic E-state index is 13.5. The predicted octanol–water partition coefficient (Wildman–Crippen LogP) is 5.04. The Balaban J connectivity index is 1.60. The number of amides is 2. The van der Waals surface area contributed by atoms with Gasteiger partial charge in [-0.3, -0.25) is 14.4 Å². The lowest BCUT2D eigenvalue weighted by atomic mass is 9.90. The van der Waals surface area contributed by atoms with Crippen molar-refractivity contribution in [3.8, 4) is 0 Å². The number of imide groups is 1. The van der Waals surface area contributed by atoms with Crippen LogP contribution in [0.4, 0.5) is 11.4 Å². The molecule has 7 heteroatoms. The van der Waals surface area contributed by atoms with Gasteiger partial charge >= 0.3 is 0 Å². The van der Waals surface area contributed by atoms with E-state index in [9.17, 15) is 9.59 Å². The molecule has 2 amide bonds. The van der Waals surface area contributed by atoms with Crippen LogP contribution in [0.1, 0.15) is 11.6 Å². The van der Waals surface area contributed by atoms with E-state index in [1.54, 1.807) is 41.5 Å². The number of carbonyl (C=O) groups excluding carboxylic acids is 2. The molecular formula is C23H16Cl2N2O3. The summed E-state index contributed by atoms with van der Waals surface area (Å²) in [5.41, 5.74) is 1.96. The minimum Gasteiger partial charge on any atom is -0.273 e. The summed E-state index contributed by atoms with van der Waals surface area (Å²) in [7, 11) is 0. The van der Waals surface area contributed by atoms with Crippen LogP contribution in [-0.2, 0) is 14.4 Å². The number of para-hydroxylation sites is 2. The number of nitrogens with zero attached hydrogens (tertiary/aromatic N) is 2. The Hall–Kier alpha value is -2.86. The average Bonchev–Trinajstić information content (AvgIpc) is 3.26. The van der Waals surface area contributed by atoms with E-state index in [4.69, 9.17) is 28.0 Å². The van der Waals surface area contributed by atoms with Gasteiger partial charge in [0.05, 0.1) is 22.4 Å². The largest absolute Gasteiger partial charge is 0.273 e. The Labute approximate surface area is 183 Å². The Morgan fingerprint density at radius 1 is 0.767 bits per heavy atom. The van der Waals surface area contributed by atoms with E-state index in [1.807, 2.05) is 42.5 Å². The van der Waals surface area contributed by atoms with Gasteiger partial charge in [0.15, 0.2) is 6.10 Å². The van der Waals surface area contributed by atoms with Crippen molar-refractivity contribution in [1.29, 1.82) is 0 Å². The zero-order valence-corrected chi connectivity index (χ0v) is 17.1. The number of halogens is 2. The Morgan fingerprint density at radius 3 is 2.13 bits per heavy atom. The van der Waals surface area contributed by atoms with E-state index in [1.165, 1.54) is 0 Å². The first-order valence-electron chi connectivity index (χ1n) is 9.45. The first-order chi connectivity index (χ1) is 14.6. The molecule has 2 fully saturated rings. The lowest BCUT2D eigenvalue weighted by Gasteiger charge is -2.29. The summed E-state index contributed by atoms with van der Waals surface area (Å²) in [5, 5.41) is 2.58. The van der Waals surface area contributed by atoms with Crippen LogP contribution in [0, 0.1) is 5.92 Å². The number of anilines is 2. The van der Waals surface area contributed by atoms with Gasteiger partial charge in [-0.1, -0.05) is 65.7 Å². The Bertz CT molecular complexity index is 1120. The monoisotopic (exact) mass is 438 g/mol. The van der Waals surface area contributed by atoms with Gasteiger partial charge in [0, 0.05) is 5.02 Å². The topological polar surface area (TPSA) is 49.9 Å². The van der Waals surface area contributed by atoms with E-state index in [-0.39, 0.29) is 5.91 Å². The molecule has 150 valence electrons. The second-order valence-electron chi connectivity index (χ2n) is 7.17. The Kier molecular flexibility index (Phi) is 4.74. The lowest BCUT2D eigenvalue weighted by Crippen LogP contribution is -2.37. The van der Waals surface area contributed by atoms with Crippen LogP contribution in [-0.4, -0.2) is 17.9 Å². The van der Waals surface area contributed by atoms with E-state index in [0.717, 1.165) is 16.2 Å². The summed E-state index contributed by atoms with van der Waals surface area (Å²) >= 11 is 12.3. The summed E-state index contributed by atoms with van der Waals surface area (Å²) in [6, 6.07) is 23.0. The molecule has 2 heterocycles. The number of hydrogen-bond donors (Lipinski definition) is 0. The molecule has 2 aliphatic rings. The highest BCUT2D eigenvalue weighted by Gasteiger charge is 2.60. The molecule has 5 rings (SSSR count). The minimum atomic E-state index is -0.936. The van der Waals surface area contributed by atoms with E-state index < -0.39 is 24.0 Å². The zero-order valence-electron chi connectivity index (χ0n) is 15.6. The van der Waals surface area contributed by atoms with Crippen molar-refractivity contribution in [3.05, 3.63) is 94.5 Å².